The number of benzene rings is 1. The van der Waals surface area contributed by atoms with E-state index in [0.29, 0.717) is 5.75 Å². The van der Waals surface area contributed by atoms with Gasteiger partial charge in [0.2, 0.25) is 0 Å². The largest absolute Gasteiger partial charge is 0.256 e. The highest BCUT2D eigenvalue weighted by atomic mass is 32.2. The van der Waals surface area contributed by atoms with Gasteiger partial charge in [-0.15, -0.1) is 0 Å². The quantitative estimate of drug-likeness (QED) is 0.632. The highest BCUT2D eigenvalue weighted by Gasteiger charge is 2.14. The number of hydrogen-bond acceptors (Lipinski definition) is 3. The lowest BCUT2D eigenvalue weighted by molar-refractivity contribution is 0.577. The fourth-order valence-electron chi connectivity index (χ4n) is 2.77. The standard InChI is InChI=1S/C19H27NO2S/c1-16(2)23(21,22)15-7-5-3-4-6-10-17-11-8-13-19-18(17)12-9-14-20-19/h8-9,11-14,16H,3-7,10,15H2,1-2H3. The second-order valence-electron chi connectivity index (χ2n) is 6.42. The highest BCUT2D eigenvalue weighted by Crippen LogP contribution is 2.19. The average molecular weight is 333 g/mol. The molecule has 1 heterocycles. The summed E-state index contributed by atoms with van der Waals surface area (Å²) in [6.45, 7) is 3.52. The molecule has 0 unspecified atom stereocenters. The number of hydrogen-bond donors (Lipinski definition) is 0. The van der Waals surface area contributed by atoms with Gasteiger partial charge in [-0.25, -0.2) is 8.42 Å². The van der Waals surface area contributed by atoms with Crippen molar-refractivity contribution >= 4 is 20.7 Å². The Morgan fingerprint density at radius 1 is 0.957 bits per heavy atom. The zero-order valence-corrected chi connectivity index (χ0v) is 15.0. The van der Waals surface area contributed by atoms with Crippen molar-refractivity contribution in [3.8, 4) is 0 Å². The molecule has 0 aliphatic rings. The second kappa shape index (κ2) is 8.44. The molecule has 0 fully saturated rings. The van der Waals surface area contributed by atoms with E-state index in [2.05, 4.69) is 23.2 Å². The number of fused-ring (bicyclic) bond motifs is 1. The predicted molar refractivity (Wildman–Crippen MR) is 97.5 cm³/mol. The summed E-state index contributed by atoms with van der Waals surface area (Å²) < 4.78 is 23.4. The van der Waals surface area contributed by atoms with Crippen molar-refractivity contribution in [3.63, 3.8) is 0 Å². The molecule has 0 N–H and O–H groups in total. The summed E-state index contributed by atoms with van der Waals surface area (Å²) in [5.41, 5.74) is 2.42. The third-order valence-electron chi connectivity index (χ3n) is 4.33. The molecule has 0 aliphatic carbocycles. The van der Waals surface area contributed by atoms with Crippen LogP contribution in [0.4, 0.5) is 0 Å². The van der Waals surface area contributed by atoms with Crippen LogP contribution in [-0.2, 0) is 16.3 Å². The molecule has 2 aromatic rings. The van der Waals surface area contributed by atoms with E-state index < -0.39 is 9.84 Å². The van der Waals surface area contributed by atoms with Gasteiger partial charge in [-0.1, -0.05) is 37.5 Å². The number of pyridine rings is 1. The smallest absolute Gasteiger partial charge is 0.152 e. The molecular formula is C19H27NO2S. The van der Waals surface area contributed by atoms with Crippen LogP contribution in [0.5, 0.6) is 0 Å². The van der Waals surface area contributed by atoms with Gasteiger partial charge in [0.05, 0.1) is 16.5 Å². The minimum atomic E-state index is -2.87. The molecule has 0 saturated heterocycles. The number of nitrogens with zero attached hydrogens (tertiary/aromatic N) is 1. The molecule has 0 spiro atoms. The van der Waals surface area contributed by atoms with Crippen molar-refractivity contribution in [2.45, 2.75) is 57.6 Å². The molecule has 0 atom stereocenters. The maximum absolute atomic E-state index is 11.7. The summed E-state index contributed by atoms with van der Waals surface area (Å²) in [5.74, 6) is 0.333. The summed E-state index contributed by atoms with van der Waals surface area (Å²) in [6.07, 6.45) is 8.09. The van der Waals surface area contributed by atoms with Crippen LogP contribution >= 0.6 is 0 Å². The van der Waals surface area contributed by atoms with E-state index in [9.17, 15) is 8.42 Å². The summed E-state index contributed by atoms with van der Waals surface area (Å²) in [6, 6.07) is 10.4. The van der Waals surface area contributed by atoms with Crippen molar-refractivity contribution in [1.29, 1.82) is 0 Å². The molecule has 0 amide bonds. The molecule has 1 aromatic heterocycles. The molecule has 126 valence electrons. The maximum Gasteiger partial charge on any atom is 0.152 e. The van der Waals surface area contributed by atoms with Crippen molar-refractivity contribution in [3.05, 3.63) is 42.1 Å². The van der Waals surface area contributed by atoms with Gasteiger partial charge in [-0.05, 0) is 50.8 Å². The maximum atomic E-state index is 11.7. The molecule has 4 heteroatoms. The van der Waals surface area contributed by atoms with Gasteiger partial charge in [-0.3, -0.25) is 4.98 Å². The lowest BCUT2D eigenvalue weighted by Crippen LogP contribution is -2.17. The van der Waals surface area contributed by atoms with Crippen LogP contribution in [-0.4, -0.2) is 24.4 Å². The first kappa shape index (κ1) is 17.9. The van der Waals surface area contributed by atoms with E-state index >= 15 is 0 Å². The van der Waals surface area contributed by atoms with Crippen LogP contribution in [0.15, 0.2) is 36.5 Å². The Morgan fingerprint density at radius 2 is 1.70 bits per heavy atom. The second-order valence-corrected chi connectivity index (χ2v) is 9.10. The van der Waals surface area contributed by atoms with Gasteiger partial charge in [0.25, 0.3) is 0 Å². The summed E-state index contributed by atoms with van der Waals surface area (Å²) >= 11 is 0. The topological polar surface area (TPSA) is 47.0 Å². The fourth-order valence-corrected chi connectivity index (χ4v) is 3.85. The zero-order chi connectivity index (χ0) is 16.7. The number of aromatic nitrogens is 1. The van der Waals surface area contributed by atoms with E-state index in [1.807, 2.05) is 18.3 Å². The summed E-state index contributed by atoms with van der Waals surface area (Å²) in [5, 5.41) is 1.00. The molecule has 0 saturated carbocycles. The van der Waals surface area contributed by atoms with E-state index in [-0.39, 0.29) is 5.25 Å². The van der Waals surface area contributed by atoms with Crippen molar-refractivity contribution in [2.75, 3.05) is 5.75 Å². The van der Waals surface area contributed by atoms with Gasteiger partial charge in [-0.2, -0.15) is 0 Å². The van der Waals surface area contributed by atoms with Crippen LogP contribution < -0.4 is 0 Å². The van der Waals surface area contributed by atoms with Crippen molar-refractivity contribution < 1.29 is 8.42 Å². The Kier molecular flexibility index (Phi) is 6.58. The van der Waals surface area contributed by atoms with Crippen molar-refractivity contribution in [2.24, 2.45) is 0 Å². The Labute approximate surface area is 140 Å². The SMILES string of the molecule is CC(C)S(=O)(=O)CCCCCCCc1cccc2ncccc12. The molecule has 1 aromatic carbocycles. The van der Waals surface area contributed by atoms with Gasteiger partial charge in [0.15, 0.2) is 9.84 Å². The van der Waals surface area contributed by atoms with Crippen LogP contribution in [0.3, 0.4) is 0 Å². The molecule has 0 aliphatic heterocycles. The molecule has 3 nitrogen and oxygen atoms in total. The first-order chi connectivity index (χ1) is 11.0. The number of rotatable bonds is 9. The first-order valence-corrected chi connectivity index (χ1v) is 10.3. The third kappa shape index (κ3) is 5.31. The van der Waals surface area contributed by atoms with E-state index in [1.165, 1.54) is 10.9 Å². The number of unbranched alkanes of at least 4 members (excludes halogenated alkanes) is 4. The Morgan fingerprint density at radius 3 is 2.48 bits per heavy atom. The van der Waals surface area contributed by atoms with Gasteiger partial charge >= 0.3 is 0 Å². The van der Waals surface area contributed by atoms with Crippen LogP contribution in [0, 0.1) is 0 Å². The van der Waals surface area contributed by atoms with E-state index in [4.69, 9.17) is 0 Å². The van der Waals surface area contributed by atoms with E-state index in [0.717, 1.165) is 44.0 Å². The lowest BCUT2D eigenvalue weighted by atomic mass is 10.0. The highest BCUT2D eigenvalue weighted by molar-refractivity contribution is 7.91. The van der Waals surface area contributed by atoms with Gasteiger partial charge in [0, 0.05) is 11.6 Å². The monoisotopic (exact) mass is 333 g/mol. The van der Waals surface area contributed by atoms with Crippen LogP contribution in [0.1, 0.15) is 51.5 Å². The third-order valence-corrected chi connectivity index (χ3v) is 6.62. The molecule has 23 heavy (non-hydrogen) atoms. The number of sulfone groups is 1. The lowest BCUT2D eigenvalue weighted by Gasteiger charge is -2.08. The van der Waals surface area contributed by atoms with Crippen LogP contribution in [0.2, 0.25) is 0 Å². The Bertz CT molecular complexity index is 718. The number of aryl methyl sites for hydroxylation is 1. The minimum absolute atomic E-state index is 0.248. The fraction of sp³-hybridized carbons (Fsp3) is 0.526. The average Bonchev–Trinajstić information content (AvgIpc) is 2.54. The molecule has 2 rings (SSSR count). The van der Waals surface area contributed by atoms with Gasteiger partial charge in [0.1, 0.15) is 0 Å². The normalized spacial score (nSPS) is 12.1. The summed E-state index contributed by atoms with van der Waals surface area (Å²) in [7, 11) is -2.87. The van der Waals surface area contributed by atoms with Gasteiger partial charge < -0.3 is 0 Å². The van der Waals surface area contributed by atoms with Crippen LogP contribution in [0.25, 0.3) is 10.9 Å². The summed E-state index contributed by atoms with van der Waals surface area (Å²) in [4.78, 5) is 4.39. The molecular weight excluding hydrogens is 306 g/mol. The molecule has 0 bridgehead atoms. The first-order valence-electron chi connectivity index (χ1n) is 8.55. The minimum Gasteiger partial charge on any atom is -0.256 e. The predicted octanol–water partition coefficient (Wildman–Crippen LogP) is 4.55. The zero-order valence-electron chi connectivity index (χ0n) is 14.2. The molecule has 0 radical (unpaired) electrons. The Balaban J connectivity index is 1.70. The van der Waals surface area contributed by atoms with Crippen molar-refractivity contribution in [1.82, 2.24) is 4.98 Å². The van der Waals surface area contributed by atoms with E-state index in [1.54, 1.807) is 13.8 Å². The Hall–Kier alpha value is -1.42.